The van der Waals surface area contributed by atoms with Gasteiger partial charge >= 0.3 is 0 Å². The van der Waals surface area contributed by atoms with Crippen LogP contribution in [0.2, 0.25) is 13.1 Å². The van der Waals surface area contributed by atoms with E-state index in [1.807, 2.05) is 0 Å². The van der Waals surface area contributed by atoms with Crippen LogP contribution in [0.4, 0.5) is 0 Å². The van der Waals surface area contributed by atoms with Gasteiger partial charge in [-0.1, -0.05) is 85.4 Å². The van der Waals surface area contributed by atoms with Gasteiger partial charge in [0.15, 0.2) is 0 Å². The summed E-state index contributed by atoms with van der Waals surface area (Å²) in [6.07, 6.45) is 0. The van der Waals surface area contributed by atoms with E-state index in [0.717, 1.165) is 0 Å². The summed E-state index contributed by atoms with van der Waals surface area (Å²) in [6.45, 7) is 9.46. The lowest BCUT2D eigenvalue weighted by Crippen LogP contribution is -2.46. The topological polar surface area (TPSA) is 0 Å². The summed E-state index contributed by atoms with van der Waals surface area (Å²) in [5.74, 6) is 0. The van der Waals surface area contributed by atoms with Crippen LogP contribution in [0.1, 0.15) is 23.6 Å². The second-order valence-corrected chi connectivity index (χ2v) is 10.6. The fraction of sp³-hybridized carbons (Fsp3) is 0.294. The largest absolute Gasteiger partial charge is 0.0877 e. The summed E-state index contributed by atoms with van der Waals surface area (Å²) in [4.78, 5) is 0. The maximum Gasteiger partial charge on any atom is 0.0877 e. The molecular weight excluding hydrogens is 232 g/mol. The molecule has 0 aliphatic rings. The van der Waals surface area contributed by atoms with Crippen LogP contribution in [0.15, 0.2) is 54.6 Å². The smallest absolute Gasteiger partial charge is 0.0650 e. The van der Waals surface area contributed by atoms with Gasteiger partial charge in [-0.15, -0.1) is 0 Å². The Balaban J connectivity index is 2.32. The minimum absolute atomic E-state index is 0.639. The van der Waals surface area contributed by atoms with Crippen LogP contribution >= 0.6 is 0 Å². The zero-order valence-electron chi connectivity index (χ0n) is 11.8. The Hall–Kier alpha value is -1.34. The molecule has 1 unspecified atom stereocenters. The van der Waals surface area contributed by atoms with E-state index < -0.39 is 8.07 Å². The first kappa shape index (κ1) is 13.1. The Morgan fingerprint density at radius 3 is 1.94 bits per heavy atom. The van der Waals surface area contributed by atoms with E-state index in [-0.39, 0.29) is 0 Å². The zero-order chi connectivity index (χ0) is 13.2. The fourth-order valence-corrected chi connectivity index (χ4v) is 4.97. The first-order valence-corrected chi connectivity index (χ1v) is 9.71. The van der Waals surface area contributed by atoms with E-state index >= 15 is 0 Å². The second kappa shape index (κ2) is 5.11. The van der Waals surface area contributed by atoms with Crippen LogP contribution in [-0.2, 0) is 0 Å². The van der Waals surface area contributed by atoms with Crippen LogP contribution in [0.5, 0.6) is 0 Å². The lowest BCUT2D eigenvalue weighted by molar-refractivity contribution is 1.02. The lowest BCUT2D eigenvalue weighted by Gasteiger charge is -2.30. The third-order valence-corrected chi connectivity index (χ3v) is 8.50. The standard InChI is InChI=1S/C17H22Si/c1-14-10-12-16(13-11-14)15(2)18(3,4)17-8-6-5-7-9-17/h5-13,15H,1-4H3. The van der Waals surface area contributed by atoms with Crippen molar-refractivity contribution in [2.75, 3.05) is 0 Å². The molecule has 0 aromatic heterocycles. The van der Waals surface area contributed by atoms with Crippen LogP contribution in [0, 0.1) is 6.92 Å². The number of aryl methyl sites for hydroxylation is 1. The van der Waals surface area contributed by atoms with Crippen molar-refractivity contribution < 1.29 is 0 Å². The highest BCUT2D eigenvalue weighted by Gasteiger charge is 2.31. The summed E-state index contributed by atoms with van der Waals surface area (Å²) in [5, 5.41) is 1.54. The average Bonchev–Trinajstić information content (AvgIpc) is 2.40. The van der Waals surface area contributed by atoms with Crippen molar-refractivity contribution >= 4 is 13.3 Å². The van der Waals surface area contributed by atoms with Crippen molar-refractivity contribution in [2.24, 2.45) is 0 Å². The fourth-order valence-electron chi connectivity index (χ4n) is 2.39. The minimum atomic E-state index is -1.44. The molecule has 0 amide bonds. The van der Waals surface area contributed by atoms with Gasteiger partial charge in [-0.2, -0.15) is 0 Å². The van der Waals surface area contributed by atoms with Gasteiger partial charge in [-0.05, 0) is 18.0 Å². The van der Waals surface area contributed by atoms with Crippen LogP contribution in [0.25, 0.3) is 0 Å². The first-order valence-electron chi connectivity index (χ1n) is 6.64. The van der Waals surface area contributed by atoms with Gasteiger partial charge in [-0.3, -0.25) is 0 Å². The summed E-state index contributed by atoms with van der Waals surface area (Å²) < 4.78 is 0. The molecule has 0 radical (unpaired) electrons. The van der Waals surface area contributed by atoms with Crippen molar-refractivity contribution in [3.63, 3.8) is 0 Å². The molecule has 1 heteroatoms. The van der Waals surface area contributed by atoms with Crippen LogP contribution in [-0.4, -0.2) is 8.07 Å². The van der Waals surface area contributed by atoms with Crippen molar-refractivity contribution in [1.82, 2.24) is 0 Å². The van der Waals surface area contributed by atoms with Crippen LogP contribution < -0.4 is 5.19 Å². The van der Waals surface area contributed by atoms with Gasteiger partial charge in [0.1, 0.15) is 0 Å². The molecule has 0 heterocycles. The van der Waals surface area contributed by atoms with E-state index in [9.17, 15) is 0 Å². The maximum absolute atomic E-state index is 2.47. The van der Waals surface area contributed by atoms with E-state index in [1.54, 1.807) is 0 Å². The zero-order valence-corrected chi connectivity index (χ0v) is 12.8. The number of benzene rings is 2. The van der Waals surface area contributed by atoms with E-state index in [2.05, 4.69) is 81.5 Å². The molecule has 2 rings (SSSR count). The van der Waals surface area contributed by atoms with Gasteiger partial charge < -0.3 is 0 Å². The van der Waals surface area contributed by atoms with E-state index in [0.29, 0.717) is 5.54 Å². The van der Waals surface area contributed by atoms with E-state index in [1.165, 1.54) is 16.3 Å². The molecule has 0 nitrogen and oxygen atoms in total. The van der Waals surface area contributed by atoms with E-state index in [4.69, 9.17) is 0 Å². The Morgan fingerprint density at radius 2 is 1.39 bits per heavy atom. The summed E-state index contributed by atoms with van der Waals surface area (Å²) in [7, 11) is -1.44. The molecule has 2 aromatic carbocycles. The summed E-state index contributed by atoms with van der Waals surface area (Å²) in [6, 6.07) is 20.0. The second-order valence-electron chi connectivity index (χ2n) is 5.72. The summed E-state index contributed by atoms with van der Waals surface area (Å²) in [5.41, 5.74) is 3.45. The van der Waals surface area contributed by atoms with Gasteiger partial charge in [0, 0.05) is 0 Å². The molecule has 1 atom stereocenters. The quantitative estimate of drug-likeness (QED) is 0.718. The molecule has 0 fully saturated rings. The Labute approximate surface area is 112 Å². The highest BCUT2D eigenvalue weighted by molar-refractivity contribution is 6.90. The molecule has 18 heavy (non-hydrogen) atoms. The average molecular weight is 254 g/mol. The third kappa shape index (κ3) is 2.56. The molecular formula is C17H22Si. The number of hydrogen-bond acceptors (Lipinski definition) is 0. The van der Waals surface area contributed by atoms with Crippen molar-refractivity contribution in [3.05, 3.63) is 65.7 Å². The molecule has 94 valence electrons. The molecule has 0 N–H and O–H groups in total. The third-order valence-electron chi connectivity index (χ3n) is 4.18. The highest BCUT2D eigenvalue weighted by atomic mass is 28.3. The summed E-state index contributed by atoms with van der Waals surface area (Å²) >= 11 is 0. The minimum Gasteiger partial charge on any atom is -0.0650 e. The SMILES string of the molecule is Cc1ccc(C(C)[Si](C)(C)c2ccccc2)cc1. The van der Waals surface area contributed by atoms with Gasteiger partial charge in [0.2, 0.25) is 0 Å². The molecule has 0 spiro atoms. The van der Waals surface area contributed by atoms with Crippen molar-refractivity contribution in [1.29, 1.82) is 0 Å². The Bertz CT molecular complexity index is 497. The Morgan fingerprint density at radius 1 is 0.833 bits per heavy atom. The predicted molar refractivity (Wildman–Crippen MR) is 83.2 cm³/mol. The normalized spacial score (nSPS) is 13.3. The van der Waals surface area contributed by atoms with Crippen molar-refractivity contribution in [3.8, 4) is 0 Å². The van der Waals surface area contributed by atoms with Gasteiger partial charge in [0.25, 0.3) is 0 Å². The van der Waals surface area contributed by atoms with Gasteiger partial charge in [-0.25, -0.2) is 0 Å². The predicted octanol–water partition coefficient (Wildman–Crippen LogP) is 4.25. The van der Waals surface area contributed by atoms with Crippen LogP contribution in [0.3, 0.4) is 0 Å². The Kier molecular flexibility index (Phi) is 3.72. The first-order chi connectivity index (χ1) is 8.51. The number of rotatable bonds is 3. The maximum atomic E-state index is 2.47. The lowest BCUT2D eigenvalue weighted by atomic mass is 10.1. The highest BCUT2D eigenvalue weighted by Crippen LogP contribution is 2.26. The number of hydrogen-bond donors (Lipinski definition) is 0. The molecule has 0 aliphatic heterocycles. The monoisotopic (exact) mass is 254 g/mol. The molecule has 2 aromatic rings. The molecule has 0 saturated carbocycles. The molecule has 0 aliphatic carbocycles. The van der Waals surface area contributed by atoms with Crippen molar-refractivity contribution in [2.45, 2.75) is 32.5 Å². The van der Waals surface area contributed by atoms with Gasteiger partial charge in [0.05, 0.1) is 8.07 Å². The molecule has 0 saturated heterocycles. The molecule has 0 bridgehead atoms.